The molecule has 1 aliphatic rings. The number of rotatable bonds is 0. The molecular weight excluding hydrogens is 222 g/mol. The number of hydrogen-bond donors (Lipinski definition) is 1. The second kappa shape index (κ2) is 2.46. The average Bonchev–Trinajstić information content (AvgIpc) is 1.87. The van der Waals surface area contributed by atoms with Gasteiger partial charge in [-0.15, -0.1) is 0 Å². The zero-order chi connectivity index (χ0) is 5.28. The predicted molar refractivity (Wildman–Crippen MR) is 37.8 cm³/mol. The van der Waals surface area contributed by atoms with Crippen molar-refractivity contribution in [1.82, 2.24) is 5.32 Å². The molecule has 2 unspecified atom stereocenters. The van der Waals surface area contributed by atoms with Gasteiger partial charge in [0.25, 0.3) is 0 Å². The lowest BCUT2D eigenvalue weighted by Gasteiger charge is -1.98. The quantitative estimate of drug-likeness (QED) is 0.493. The van der Waals surface area contributed by atoms with Gasteiger partial charge in [0.1, 0.15) is 0 Å². The molecule has 0 radical (unpaired) electrons. The second-order valence-corrected chi connectivity index (χ2v) is 3.89. The SMILES string of the molecule is BrC1CCC(Br)N1. The van der Waals surface area contributed by atoms with Gasteiger partial charge in [0, 0.05) is 0 Å². The third-order valence-electron chi connectivity index (χ3n) is 1.04. The normalized spacial score (nSPS) is 42.0. The Balaban J connectivity index is 2.26. The van der Waals surface area contributed by atoms with Crippen molar-refractivity contribution in [3.63, 3.8) is 0 Å². The highest BCUT2D eigenvalue weighted by Crippen LogP contribution is 2.19. The molecule has 0 aromatic rings. The molecule has 0 aromatic heterocycles. The number of halogens is 2. The van der Waals surface area contributed by atoms with E-state index in [1.807, 2.05) is 0 Å². The first-order chi connectivity index (χ1) is 3.29. The third-order valence-corrected chi connectivity index (χ3v) is 2.48. The summed E-state index contributed by atoms with van der Waals surface area (Å²) in [6.07, 6.45) is 2.46. The number of hydrogen-bond acceptors (Lipinski definition) is 1. The van der Waals surface area contributed by atoms with Crippen molar-refractivity contribution in [3.8, 4) is 0 Å². The summed E-state index contributed by atoms with van der Waals surface area (Å²) in [6.45, 7) is 0. The number of nitrogens with one attached hydrogen (secondary N) is 1. The molecular formula is C4H7Br2N. The highest BCUT2D eigenvalue weighted by Gasteiger charge is 2.17. The average molecular weight is 229 g/mol. The summed E-state index contributed by atoms with van der Waals surface area (Å²) in [4.78, 5) is 1.08. The van der Waals surface area contributed by atoms with Gasteiger partial charge in [-0.1, -0.05) is 31.9 Å². The summed E-state index contributed by atoms with van der Waals surface area (Å²) < 4.78 is 0. The van der Waals surface area contributed by atoms with Gasteiger partial charge >= 0.3 is 0 Å². The Bertz CT molecular complexity index is 58.7. The summed E-state index contributed by atoms with van der Waals surface area (Å²) in [5.41, 5.74) is 0. The summed E-state index contributed by atoms with van der Waals surface area (Å²) in [7, 11) is 0. The lowest BCUT2D eigenvalue weighted by Crippen LogP contribution is -2.19. The summed E-state index contributed by atoms with van der Waals surface area (Å²) in [6, 6.07) is 0. The van der Waals surface area contributed by atoms with Gasteiger partial charge in [-0.25, -0.2) is 0 Å². The van der Waals surface area contributed by atoms with E-state index in [1.165, 1.54) is 12.8 Å². The smallest absolute Gasteiger partial charge is 0.0640 e. The standard InChI is InChI=1S/C4H7Br2N/c5-3-1-2-4(6)7-3/h3-4,7H,1-2H2. The minimum atomic E-state index is 0.539. The molecule has 1 N–H and O–H groups in total. The largest absolute Gasteiger partial charge is 0.293 e. The van der Waals surface area contributed by atoms with Crippen LogP contribution in [0.5, 0.6) is 0 Å². The zero-order valence-electron chi connectivity index (χ0n) is 3.82. The maximum atomic E-state index is 3.44. The Labute approximate surface area is 60.1 Å². The van der Waals surface area contributed by atoms with Crippen LogP contribution in [0.2, 0.25) is 0 Å². The Morgan fingerprint density at radius 1 is 1.14 bits per heavy atom. The van der Waals surface area contributed by atoms with E-state index in [-0.39, 0.29) is 0 Å². The molecule has 1 rings (SSSR count). The fourth-order valence-electron chi connectivity index (χ4n) is 0.656. The molecule has 1 fully saturated rings. The fraction of sp³-hybridized carbons (Fsp3) is 1.00. The first-order valence-electron chi connectivity index (χ1n) is 2.33. The van der Waals surface area contributed by atoms with Crippen molar-refractivity contribution in [1.29, 1.82) is 0 Å². The fourth-order valence-corrected chi connectivity index (χ4v) is 2.18. The Morgan fingerprint density at radius 2 is 1.57 bits per heavy atom. The van der Waals surface area contributed by atoms with Gasteiger partial charge in [0.05, 0.1) is 9.90 Å². The van der Waals surface area contributed by atoms with Gasteiger partial charge in [0.15, 0.2) is 0 Å². The second-order valence-electron chi connectivity index (χ2n) is 1.68. The van der Waals surface area contributed by atoms with E-state index < -0.39 is 0 Å². The van der Waals surface area contributed by atoms with Gasteiger partial charge in [-0.05, 0) is 12.8 Å². The van der Waals surface area contributed by atoms with Crippen LogP contribution in [0.25, 0.3) is 0 Å². The Morgan fingerprint density at radius 3 is 1.71 bits per heavy atom. The molecule has 42 valence electrons. The molecule has 1 nitrogen and oxygen atoms in total. The lowest BCUT2D eigenvalue weighted by molar-refractivity contribution is 0.792. The lowest BCUT2D eigenvalue weighted by atomic mass is 10.4. The zero-order valence-corrected chi connectivity index (χ0v) is 7.00. The maximum absolute atomic E-state index is 3.44. The summed E-state index contributed by atoms with van der Waals surface area (Å²) in [5.74, 6) is 0. The van der Waals surface area contributed by atoms with E-state index in [9.17, 15) is 0 Å². The van der Waals surface area contributed by atoms with Crippen molar-refractivity contribution in [3.05, 3.63) is 0 Å². The molecule has 3 heteroatoms. The van der Waals surface area contributed by atoms with Crippen molar-refractivity contribution < 1.29 is 0 Å². The summed E-state index contributed by atoms with van der Waals surface area (Å²) in [5, 5.41) is 3.25. The molecule has 0 spiro atoms. The highest BCUT2D eigenvalue weighted by molar-refractivity contribution is 9.10. The highest BCUT2D eigenvalue weighted by atomic mass is 79.9. The van der Waals surface area contributed by atoms with E-state index in [2.05, 4.69) is 37.2 Å². The van der Waals surface area contributed by atoms with E-state index >= 15 is 0 Å². The van der Waals surface area contributed by atoms with Crippen molar-refractivity contribution in [2.45, 2.75) is 22.7 Å². The van der Waals surface area contributed by atoms with Crippen molar-refractivity contribution in [2.24, 2.45) is 0 Å². The number of alkyl halides is 2. The first kappa shape index (κ1) is 6.05. The van der Waals surface area contributed by atoms with E-state index in [0.29, 0.717) is 9.90 Å². The van der Waals surface area contributed by atoms with E-state index in [1.54, 1.807) is 0 Å². The van der Waals surface area contributed by atoms with Crippen LogP contribution in [0, 0.1) is 0 Å². The predicted octanol–water partition coefficient (Wildman–Crippen LogP) is 1.81. The summed E-state index contributed by atoms with van der Waals surface area (Å²) >= 11 is 6.88. The molecule has 0 bridgehead atoms. The van der Waals surface area contributed by atoms with Crippen LogP contribution in [0.3, 0.4) is 0 Å². The van der Waals surface area contributed by atoms with Gasteiger partial charge < -0.3 is 0 Å². The first-order valence-corrected chi connectivity index (χ1v) is 4.16. The van der Waals surface area contributed by atoms with Crippen LogP contribution < -0.4 is 5.32 Å². The van der Waals surface area contributed by atoms with Crippen LogP contribution in [0.4, 0.5) is 0 Å². The Kier molecular flexibility index (Phi) is 2.13. The van der Waals surface area contributed by atoms with Crippen LogP contribution >= 0.6 is 31.9 Å². The van der Waals surface area contributed by atoms with Crippen molar-refractivity contribution in [2.75, 3.05) is 0 Å². The minimum absolute atomic E-state index is 0.539. The van der Waals surface area contributed by atoms with Gasteiger partial charge in [-0.2, -0.15) is 0 Å². The molecule has 0 aromatic carbocycles. The maximum Gasteiger partial charge on any atom is 0.0640 e. The third kappa shape index (κ3) is 1.70. The Hall–Kier alpha value is 0.920. The van der Waals surface area contributed by atoms with E-state index in [4.69, 9.17) is 0 Å². The molecule has 7 heavy (non-hydrogen) atoms. The van der Waals surface area contributed by atoms with Gasteiger partial charge in [-0.3, -0.25) is 5.32 Å². The van der Waals surface area contributed by atoms with Crippen molar-refractivity contribution >= 4 is 31.9 Å². The topological polar surface area (TPSA) is 12.0 Å². The molecule has 0 amide bonds. The molecule has 0 aliphatic carbocycles. The molecule has 2 atom stereocenters. The molecule has 1 heterocycles. The van der Waals surface area contributed by atoms with Gasteiger partial charge in [0.2, 0.25) is 0 Å². The molecule has 1 saturated heterocycles. The van der Waals surface area contributed by atoms with Crippen LogP contribution in [0.15, 0.2) is 0 Å². The van der Waals surface area contributed by atoms with Crippen LogP contribution in [-0.4, -0.2) is 9.90 Å². The van der Waals surface area contributed by atoms with Crippen LogP contribution in [-0.2, 0) is 0 Å². The van der Waals surface area contributed by atoms with Crippen LogP contribution in [0.1, 0.15) is 12.8 Å². The van der Waals surface area contributed by atoms with E-state index in [0.717, 1.165) is 0 Å². The minimum Gasteiger partial charge on any atom is -0.293 e. The monoisotopic (exact) mass is 227 g/mol. The molecule has 1 aliphatic heterocycles. The molecule has 0 saturated carbocycles.